The lowest BCUT2D eigenvalue weighted by molar-refractivity contribution is -0.156. The van der Waals surface area contributed by atoms with Crippen LogP contribution in [0.1, 0.15) is 12.5 Å². The minimum atomic E-state index is -0.766. The maximum atomic E-state index is 11.8. The van der Waals surface area contributed by atoms with Crippen LogP contribution < -0.4 is 5.73 Å². The molecule has 0 bridgehead atoms. The number of rotatable bonds is 7. The average Bonchev–Trinajstić information content (AvgIpc) is 2.56. The fourth-order valence-corrected chi connectivity index (χ4v) is 2.74. The van der Waals surface area contributed by atoms with Crippen LogP contribution in [0.25, 0.3) is 11.1 Å². The molecule has 0 aliphatic carbocycles. The van der Waals surface area contributed by atoms with Gasteiger partial charge >= 0.3 is 5.97 Å². The third-order valence-electron chi connectivity index (χ3n) is 3.74. The summed E-state index contributed by atoms with van der Waals surface area (Å²) in [5.41, 5.74) is 9.27. The van der Waals surface area contributed by atoms with E-state index in [0.29, 0.717) is 18.1 Å². The SMILES string of the molecule is CCOC(=O)C(OC)[C@H](N)Cc1ccc(-c2cccc(Cl)c2)cc1. The van der Waals surface area contributed by atoms with Crippen LogP contribution in [0.3, 0.4) is 0 Å². The lowest BCUT2D eigenvalue weighted by Gasteiger charge is -2.21. The van der Waals surface area contributed by atoms with Gasteiger partial charge in [0.2, 0.25) is 0 Å². The minimum Gasteiger partial charge on any atom is -0.464 e. The number of carbonyl (C=O) groups excluding carboxylic acids is 1. The number of esters is 1. The third kappa shape index (κ3) is 4.81. The van der Waals surface area contributed by atoms with Gasteiger partial charge in [0, 0.05) is 18.2 Å². The number of benzene rings is 2. The van der Waals surface area contributed by atoms with Gasteiger partial charge in [0.25, 0.3) is 0 Å². The Morgan fingerprint density at radius 1 is 1.17 bits per heavy atom. The number of methoxy groups -OCH3 is 1. The highest BCUT2D eigenvalue weighted by atomic mass is 35.5. The molecule has 5 heteroatoms. The van der Waals surface area contributed by atoms with Crippen LogP contribution in [0.2, 0.25) is 5.02 Å². The minimum absolute atomic E-state index is 0.305. The van der Waals surface area contributed by atoms with Crippen LogP contribution in [0.5, 0.6) is 0 Å². The zero-order valence-electron chi connectivity index (χ0n) is 13.9. The molecule has 128 valence electrons. The van der Waals surface area contributed by atoms with Crippen molar-refractivity contribution >= 4 is 17.6 Å². The van der Waals surface area contributed by atoms with Crippen LogP contribution >= 0.6 is 11.6 Å². The second-order valence-electron chi connectivity index (χ2n) is 5.48. The Morgan fingerprint density at radius 2 is 1.88 bits per heavy atom. The smallest absolute Gasteiger partial charge is 0.336 e. The van der Waals surface area contributed by atoms with Gasteiger partial charge in [-0.05, 0) is 42.2 Å². The largest absolute Gasteiger partial charge is 0.464 e. The summed E-state index contributed by atoms with van der Waals surface area (Å²) >= 11 is 6.03. The molecule has 2 aromatic carbocycles. The molecule has 0 amide bonds. The van der Waals surface area contributed by atoms with Gasteiger partial charge in [-0.1, -0.05) is 48.0 Å². The summed E-state index contributed by atoms with van der Waals surface area (Å²) in [6.45, 7) is 2.06. The molecule has 0 saturated carbocycles. The lowest BCUT2D eigenvalue weighted by atomic mass is 9.99. The topological polar surface area (TPSA) is 61.5 Å². The van der Waals surface area contributed by atoms with Crippen molar-refractivity contribution in [1.82, 2.24) is 0 Å². The maximum Gasteiger partial charge on any atom is 0.336 e. The van der Waals surface area contributed by atoms with Crippen molar-refractivity contribution in [2.45, 2.75) is 25.5 Å². The van der Waals surface area contributed by atoms with E-state index < -0.39 is 18.1 Å². The molecule has 24 heavy (non-hydrogen) atoms. The van der Waals surface area contributed by atoms with Crippen LogP contribution in [0, 0.1) is 0 Å². The number of hydrogen-bond donors (Lipinski definition) is 1. The molecule has 0 radical (unpaired) electrons. The van der Waals surface area contributed by atoms with Gasteiger partial charge in [0.1, 0.15) is 0 Å². The van der Waals surface area contributed by atoms with Gasteiger partial charge in [-0.25, -0.2) is 4.79 Å². The number of halogens is 1. The first kappa shape index (κ1) is 18.5. The fourth-order valence-electron chi connectivity index (χ4n) is 2.55. The van der Waals surface area contributed by atoms with E-state index in [2.05, 4.69) is 0 Å². The zero-order chi connectivity index (χ0) is 17.5. The molecular formula is C19H22ClNO3. The molecule has 2 atom stereocenters. The highest BCUT2D eigenvalue weighted by Gasteiger charge is 2.26. The molecule has 0 aliphatic heterocycles. The molecule has 0 aromatic heterocycles. The van der Waals surface area contributed by atoms with Gasteiger partial charge in [0.05, 0.1) is 6.61 Å². The number of nitrogens with two attached hydrogens (primary N) is 1. The van der Waals surface area contributed by atoms with Crippen molar-refractivity contribution in [3.05, 3.63) is 59.1 Å². The predicted octanol–water partition coefficient (Wildman–Crippen LogP) is 3.45. The summed E-state index contributed by atoms with van der Waals surface area (Å²) in [6, 6.07) is 15.2. The Kier molecular flexibility index (Phi) is 6.79. The predicted molar refractivity (Wildman–Crippen MR) is 96.0 cm³/mol. The Labute approximate surface area is 147 Å². The monoisotopic (exact) mass is 347 g/mol. The number of ether oxygens (including phenoxy) is 2. The van der Waals surface area contributed by atoms with Gasteiger partial charge in [0.15, 0.2) is 6.10 Å². The zero-order valence-corrected chi connectivity index (χ0v) is 14.6. The second-order valence-corrected chi connectivity index (χ2v) is 5.92. The summed E-state index contributed by atoms with van der Waals surface area (Å²) in [4.78, 5) is 11.8. The lowest BCUT2D eigenvalue weighted by Crippen LogP contribution is -2.44. The van der Waals surface area contributed by atoms with E-state index in [1.54, 1.807) is 6.92 Å². The van der Waals surface area contributed by atoms with E-state index in [9.17, 15) is 4.79 Å². The maximum absolute atomic E-state index is 11.8. The van der Waals surface area contributed by atoms with Crippen LogP contribution in [0.15, 0.2) is 48.5 Å². The number of carbonyl (C=O) groups is 1. The standard InChI is InChI=1S/C19H22ClNO3/c1-3-24-19(22)18(23-2)17(21)11-13-7-9-14(10-8-13)15-5-4-6-16(20)12-15/h4-10,12,17-18H,3,11,21H2,1-2H3/t17-,18?/m1/s1. The van der Waals surface area contributed by atoms with Crippen molar-refractivity contribution in [1.29, 1.82) is 0 Å². The summed E-state index contributed by atoms with van der Waals surface area (Å²) < 4.78 is 10.2. The van der Waals surface area contributed by atoms with E-state index in [1.165, 1.54) is 7.11 Å². The molecule has 2 N–H and O–H groups in total. The van der Waals surface area contributed by atoms with E-state index in [0.717, 1.165) is 16.7 Å². The summed E-state index contributed by atoms with van der Waals surface area (Å²) in [5.74, 6) is -0.428. The van der Waals surface area contributed by atoms with Crippen LogP contribution in [-0.2, 0) is 20.7 Å². The Bertz CT molecular complexity index is 673. The first-order valence-corrected chi connectivity index (χ1v) is 8.22. The molecule has 0 heterocycles. The molecule has 0 saturated heterocycles. The Balaban J connectivity index is 2.06. The highest BCUT2D eigenvalue weighted by molar-refractivity contribution is 6.30. The van der Waals surface area contributed by atoms with E-state index in [1.807, 2.05) is 48.5 Å². The first-order valence-electron chi connectivity index (χ1n) is 7.85. The van der Waals surface area contributed by atoms with Crippen LogP contribution in [0.4, 0.5) is 0 Å². The number of hydrogen-bond acceptors (Lipinski definition) is 4. The summed E-state index contributed by atoms with van der Waals surface area (Å²) in [5, 5.41) is 0.705. The molecule has 0 fully saturated rings. The molecule has 0 spiro atoms. The second kappa shape index (κ2) is 8.83. The van der Waals surface area contributed by atoms with Crippen molar-refractivity contribution in [3.8, 4) is 11.1 Å². The fraction of sp³-hybridized carbons (Fsp3) is 0.316. The van der Waals surface area contributed by atoms with Crippen molar-refractivity contribution in [2.75, 3.05) is 13.7 Å². The van der Waals surface area contributed by atoms with Gasteiger partial charge in [-0.15, -0.1) is 0 Å². The van der Waals surface area contributed by atoms with Gasteiger partial charge in [-0.3, -0.25) is 0 Å². The summed E-state index contributed by atoms with van der Waals surface area (Å²) in [6.07, 6.45) is -0.245. The molecule has 1 unspecified atom stereocenters. The van der Waals surface area contributed by atoms with Gasteiger partial charge < -0.3 is 15.2 Å². The average molecular weight is 348 g/mol. The van der Waals surface area contributed by atoms with E-state index in [-0.39, 0.29) is 0 Å². The van der Waals surface area contributed by atoms with Gasteiger partial charge in [-0.2, -0.15) is 0 Å². The quantitative estimate of drug-likeness (QED) is 0.779. The normalized spacial score (nSPS) is 13.3. The molecule has 4 nitrogen and oxygen atoms in total. The summed E-state index contributed by atoms with van der Waals surface area (Å²) in [7, 11) is 1.46. The Morgan fingerprint density at radius 3 is 2.46 bits per heavy atom. The molecular weight excluding hydrogens is 326 g/mol. The highest BCUT2D eigenvalue weighted by Crippen LogP contribution is 2.23. The van der Waals surface area contributed by atoms with Crippen molar-refractivity contribution in [3.63, 3.8) is 0 Å². The molecule has 2 rings (SSSR count). The van der Waals surface area contributed by atoms with E-state index in [4.69, 9.17) is 26.8 Å². The Hall–Kier alpha value is -1.88. The van der Waals surface area contributed by atoms with Crippen molar-refractivity contribution < 1.29 is 14.3 Å². The first-order chi connectivity index (χ1) is 11.5. The van der Waals surface area contributed by atoms with Crippen molar-refractivity contribution in [2.24, 2.45) is 5.73 Å². The van der Waals surface area contributed by atoms with E-state index >= 15 is 0 Å². The van der Waals surface area contributed by atoms with Crippen LogP contribution in [-0.4, -0.2) is 31.8 Å². The third-order valence-corrected chi connectivity index (χ3v) is 3.98. The molecule has 2 aromatic rings. The molecule has 0 aliphatic rings.